The number of likely N-dealkylation sites (tertiary alicyclic amines) is 1. The predicted molar refractivity (Wildman–Crippen MR) is 119 cm³/mol. The summed E-state index contributed by atoms with van der Waals surface area (Å²) in [5.41, 5.74) is 3.08. The lowest BCUT2D eigenvalue weighted by molar-refractivity contribution is -0.129. The Morgan fingerprint density at radius 1 is 1.16 bits per heavy atom. The van der Waals surface area contributed by atoms with Crippen molar-refractivity contribution < 1.29 is 18.4 Å². The number of fused-ring (bicyclic) bond motifs is 2. The van der Waals surface area contributed by atoms with E-state index in [0.717, 1.165) is 25.1 Å². The lowest BCUT2D eigenvalue weighted by Gasteiger charge is -2.25. The molecule has 1 unspecified atom stereocenters. The molecule has 32 heavy (non-hydrogen) atoms. The highest BCUT2D eigenvalue weighted by molar-refractivity contribution is 5.98. The fourth-order valence-electron chi connectivity index (χ4n) is 5.35. The van der Waals surface area contributed by atoms with E-state index in [2.05, 4.69) is 15.5 Å². The number of nitrogens with one attached hydrogen (secondary N) is 2. The third kappa shape index (κ3) is 3.57. The number of anilines is 3. The van der Waals surface area contributed by atoms with Crippen LogP contribution in [0.5, 0.6) is 0 Å². The second-order valence-electron chi connectivity index (χ2n) is 9.04. The van der Waals surface area contributed by atoms with Crippen molar-refractivity contribution in [3.8, 4) is 0 Å². The molecule has 2 fully saturated rings. The van der Waals surface area contributed by atoms with Crippen molar-refractivity contribution in [2.75, 3.05) is 35.2 Å². The minimum atomic E-state index is -0.623. The highest BCUT2D eigenvalue weighted by Crippen LogP contribution is 2.36. The Bertz CT molecular complexity index is 1070. The number of halogens is 2. The smallest absolute Gasteiger partial charge is 0.247 e. The van der Waals surface area contributed by atoms with Crippen molar-refractivity contribution in [3.63, 3.8) is 0 Å². The largest absolute Gasteiger partial charge is 0.373 e. The predicted octanol–water partition coefficient (Wildman–Crippen LogP) is 3.31. The third-order valence-corrected chi connectivity index (χ3v) is 6.97. The van der Waals surface area contributed by atoms with Crippen LogP contribution in [0.4, 0.5) is 25.8 Å². The van der Waals surface area contributed by atoms with Crippen LogP contribution in [0.2, 0.25) is 0 Å². The van der Waals surface area contributed by atoms with Gasteiger partial charge in [-0.1, -0.05) is 6.07 Å². The number of nitrogens with zero attached hydrogens (tertiary/aromatic N) is 2. The fraction of sp³-hybridized carbons (Fsp3) is 0.417. The first-order valence-electron chi connectivity index (χ1n) is 11.0. The minimum Gasteiger partial charge on any atom is -0.373 e. The van der Waals surface area contributed by atoms with Gasteiger partial charge in [0, 0.05) is 61.5 Å². The molecule has 0 saturated carbocycles. The SMILES string of the molecule is CC(=O)N1CC[C@@H]2CN(c3cc(F)cc(NC(=O)C4Cc5c(F)ccc(C)c5N4)c3)C[C@@H]21. The molecule has 3 aliphatic heterocycles. The van der Waals surface area contributed by atoms with Gasteiger partial charge >= 0.3 is 0 Å². The van der Waals surface area contributed by atoms with Gasteiger partial charge in [0.2, 0.25) is 11.8 Å². The Balaban J connectivity index is 1.30. The molecule has 8 heteroatoms. The van der Waals surface area contributed by atoms with E-state index in [-0.39, 0.29) is 30.1 Å². The fourth-order valence-corrected chi connectivity index (χ4v) is 5.35. The maximum Gasteiger partial charge on any atom is 0.247 e. The van der Waals surface area contributed by atoms with Crippen LogP contribution in [-0.4, -0.2) is 48.4 Å². The molecule has 0 aliphatic carbocycles. The summed E-state index contributed by atoms with van der Waals surface area (Å²) in [5.74, 6) is -0.663. The summed E-state index contributed by atoms with van der Waals surface area (Å²) >= 11 is 0. The normalized spacial score (nSPS) is 23.7. The van der Waals surface area contributed by atoms with E-state index in [4.69, 9.17) is 0 Å². The molecule has 0 radical (unpaired) electrons. The van der Waals surface area contributed by atoms with Crippen molar-refractivity contribution >= 4 is 28.9 Å². The summed E-state index contributed by atoms with van der Waals surface area (Å²) < 4.78 is 28.6. The van der Waals surface area contributed by atoms with Crippen LogP contribution >= 0.6 is 0 Å². The minimum absolute atomic E-state index is 0.0725. The van der Waals surface area contributed by atoms with Crippen LogP contribution in [-0.2, 0) is 16.0 Å². The highest BCUT2D eigenvalue weighted by atomic mass is 19.1. The maximum atomic E-state index is 14.4. The number of hydrogen-bond acceptors (Lipinski definition) is 4. The van der Waals surface area contributed by atoms with Crippen LogP contribution in [0, 0.1) is 24.5 Å². The van der Waals surface area contributed by atoms with E-state index < -0.39 is 11.9 Å². The van der Waals surface area contributed by atoms with Crippen LogP contribution in [0.25, 0.3) is 0 Å². The van der Waals surface area contributed by atoms with Gasteiger partial charge in [0.1, 0.15) is 17.7 Å². The first-order valence-corrected chi connectivity index (χ1v) is 11.0. The van der Waals surface area contributed by atoms with Gasteiger partial charge in [0.15, 0.2) is 0 Å². The highest BCUT2D eigenvalue weighted by Gasteiger charge is 2.42. The number of aryl methyl sites for hydroxylation is 1. The zero-order valence-corrected chi connectivity index (χ0v) is 18.1. The van der Waals surface area contributed by atoms with Crippen LogP contribution in [0.15, 0.2) is 30.3 Å². The molecule has 2 saturated heterocycles. The summed E-state index contributed by atoms with van der Waals surface area (Å²) in [6, 6.07) is 7.11. The summed E-state index contributed by atoms with van der Waals surface area (Å²) in [7, 11) is 0. The lowest BCUT2D eigenvalue weighted by Crippen LogP contribution is -2.38. The molecular formula is C24H26F2N4O2. The molecule has 0 aromatic heterocycles. The van der Waals surface area contributed by atoms with Crippen molar-refractivity contribution in [1.82, 2.24) is 4.90 Å². The molecule has 2 aromatic carbocycles. The van der Waals surface area contributed by atoms with Crippen molar-refractivity contribution in [2.45, 2.75) is 38.8 Å². The van der Waals surface area contributed by atoms with E-state index in [0.29, 0.717) is 35.1 Å². The molecule has 2 aromatic rings. The summed E-state index contributed by atoms with van der Waals surface area (Å²) in [5, 5.41) is 5.88. The van der Waals surface area contributed by atoms with Gasteiger partial charge in [0.25, 0.3) is 0 Å². The summed E-state index contributed by atoms with van der Waals surface area (Å²) in [4.78, 5) is 28.7. The monoisotopic (exact) mass is 440 g/mol. The van der Waals surface area contributed by atoms with Gasteiger partial charge in [-0.15, -0.1) is 0 Å². The number of carbonyl (C=O) groups excluding carboxylic acids is 2. The molecule has 5 rings (SSSR count). The van der Waals surface area contributed by atoms with Crippen LogP contribution < -0.4 is 15.5 Å². The number of carbonyl (C=O) groups is 2. The first kappa shape index (κ1) is 20.7. The number of benzene rings is 2. The van der Waals surface area contributed by atoms with Crippen LogP contribution in [0.3, 0.4) is 0 Å². The molecule has 3 atom stereocenters. The topological polar surface area (TPSA) is 64.7 Å². The Hall–Kier alpha value is -3.16. The van der Waals surface area contributed by atoms with E-state index >= 15 is 0 Å². The van der Waals surface area contributed by atoms with Gasteiger partial charge in [-0.2, -0.15) is 0 Å². The van der Waals surface area contributed by atoms with Gasteiger partial charge in [-0.25, -0.2) is 8.78 Å². The van der Waals surface area contributed by atoms with E-state index in [1.54, 1.807) is 19.1 Å². The van der Waals surface area contributed by atoms with Crippen molar-refractivity contribution in [3.05, 3.63) is 53.1 Å². The molecule has 168 valence electrons. The van der Waals surface area contributed by atoms with E-state index in [9.17, 15) is 18.4 Å². The van der Waals surface area contributed by atoms with Gasteiger partial charge in [-0.05, 0) is 43.2 Å². The quantitative estimate of drug-likeness (QED) is 0.769. The zero-order valence-electron chi connectivity index (χ0n) is 18.1. The van der Waals surface area contributed by atoms with Gasteiger partial charge in [0.05, 0.1) is 6.04 Å². The first-order chi connectivity index (χ1) is 15.3. The molecule has 6 nitrogen and oxygen atoms in total. The molecule has 2 amide bonds. The van der Waals surface area contributed by atoms with Crippen molar-refractivity contribution in [2.24, 2.45) is 5.92 Å². The zero-order chi connectivity index (χ0) is 22.6. The van der Waals surface area contributed by atoms with Gasteiger partial charge in [-0.3, -0.25) is 9.59 Å². The molecule has 3 aliphatic rings. The molecule has 2 N–H and O–H groups in total. The maximum absolute atomic E-state index is 14.4. The standard InChI is InChI=1S/C24H26F2N4O2/c1-13-3-4-20(26)19-10-21(28-23(13)19)24(32)27-17-7-16(25)8-18(9-17)29-11-15-5-6-30(14(2)31)22(15)12-29/h3-4,7-9,15,21-22,28H,5-6,10-12H2,1-2H3,(H,27,32)/t15-,21?,22+/m1/s1. The molecule has 0 bridgehead atoms. The van der Waals surface area contributed by atoms with Gasteiger partial charge < -0.3 is 20.4 Å². The lowest BCUT2D eigenvalue weighted by atomic mass is 10.1. The Kier molecular flexibility index (Phi) is 5.03. The average Bonchev–Trinajstić information content (AvgIpc) is 3.44. The second kappa shape index (κ2) is 7.76. The van der Waals surface area contributed by atoms with Crippen molar-refractivity contribution in [1.29, 1.82) is 0 Å². The molecular weight excluding hydrogens is 414 g/mol. The third-order valence-electron chi connectivity index (χ3n) is 6.97. The van der Waals surface area contributed by atoms with E-state index in [1.807, 2.05) is 11.8 Å². The molecule has 3 heterocycles. The second-order valence-corrected chi connectivity index (χ2v) is 9.04. The van der Waals surface area contributed by atoms with E-state index in [1.165, 1.54) is 18.2 Å². The number of hydrogen-bond donors (Lipinski definition) is 2. The Morgan fingerprint density at radius 2 is 1.97 bits per heavy atom. The summed E-state index contributed by atoms with van der Waals surface area (Å²) in [6.07, 6.45) is 1.19. The number of amides is 2. The average molecular weight is 440 g/mol. The van der Waals surface area contributed by atoms with Crippen LogP contribution in [0.1, 0.15) is 24.5 Å². The Labute approximate surface area is 185 Å². The number of rotatable bonds is 3. The summed E-state index contributed by atoms with van der Waals surface area (Å²) in [6.45, 7) is 5.63. The molecule has 0 spiro atoms. The Morgan fingerprint density at radius 3 is 2.72 bits per heavy atom.